The Morgan fingerprint density at radius 2 is 2.00 bits per heavy atom. The maximum atomic E-state index is 12.2. The zero-order valence-corrected chi connectivity index (χ0v) is 14.1. The Morgan fingerprint density at radius 1 is 1.25 bits per heavy atom. The second-order valence-corrected chi connectivity index (χ2v) is 5.81. The summed E-state index contributed by atoms with van der Waals surface area (Å²) >= 11 is 1.44. The summed E-state index contributed by atoms with van der Waals surface area (Å²) in [5.74, 6) is 1.75. The number of hydrogen-bond acceptors (Lipinski definition) is 6. The zero-order valence-electron chi connectivity index (χ0n) is 13.2. The van der Waals surface area contributed by atoms with Gasteiger partial charge in [-0.05, 0) is 12.1 Å². The lowest BCUT2D eigenvalue weighted by atomic mass is 10.2. The number of hydrogen-bond donors (Lipinski definition) is 1. The van der Waals surface area contributed by atoms with Gasteiger partial charge >= 0.3 is 0 Å². The number of nitrogens with zero attached hydrogens (tertiary/aromatic N) is 1. The number of carbonyl (C=O) groups is 1. The van der Waals surface area contributed by atoms with Crippen molar-refractivity contribution in [1.29, 1.82) is 0 Å². The van der Waals surface area contributed by atoms with Gasteiger partial charge in [-0.25, -0.2) is 4.98 Å². The highest BCUT2D eigenvalue weighted by Gasteiger charge is 2.11. The Balaban J connectivity index is 1.68. The van der Waals surface area contributed by atoms with Gasteiger partial charge in [-0.3, -0.25) is 4.79 Å². The number of rotatable bonds is 6. The van der Waals surface area contributed by atoms with Crippen molar-refractivity contribution >= 4 is 22.9 Å². The fraction of sp³-hybridized carbons (Fsp3) is 0.176. The van der Waals surface area contributed by atoms with Crippen molar-refractivity contribution in [3.8, 4) is 22.3 Å². The predicted octanol–water partition coefficient (Wildman–Crippen LogP) is 3.60. The average molecular weight is 344 g/mol. The molecule has 0 saturated carbocycles. The van der Waals surface area contributed by atoms with Crippen LogP contribution in [0.3, 0.4) is 0 Å². The van der Waals surface area contributed by atoms with Gasteiger partial charge in [0.05, 0.1) is 32.6 Å². The molecule has 0 spiro atoms. The van der Waals surface area contributed by atoms with E-state index in [1.807, 2.05) is 11.4 Å². The Bertz CT molecular complexity index is 805. The van der Waals surface area contributed by atoms with Crippen LogP contribution in [0.15, 0.2) is 46.4 Å². The van der Waals surface area contributed by atoms with Crippen molar-refractivity contribution in [3.05, 3.63) is 47.7 Å². The van der Waals surface area contributed by atoms with Crippen LogP contribution in [0.25, 0.3) is 10.8 Å². The monoisotopic (exact) mass is 344 g/mol. The van der Waals surface area contributed by atoms with Gasteiger partial charge in [-0.15, -0.1) is 11.3 Å². The fourth-order valence-corrected chi connectivity index (χ4v) is 2.94. The van der Waals surface area contributed by atoms with Gasteiger partial charge in [0.1, 0.15) is 11.5 Å². The summed E-state index contributed by atoms with van der Waals surface area (Å²) in [5, 5.41) is 5.43. The second-order valence-electron chi connectivity index (χ2n) is 4.95. The molecule has 0 atom stereocenters. The summed E-state index contributed by atoms with van der Waals surface area (Å²) in [6, 6.07) is 8.85. The maximum Gasteiger partial charge on any atom is 0.230 e. The number of furan rings is 1. The number of aromatic nitrogens is 1. The van der Waals surface area contributed by atoms with Gasteiger partial charge in [0.25, 0.3) is 0 Å². The van der Waals surface area contributed by atoms with Gasteiger partial charge in [-0.2, -0.15) is 0 Å². The van der Waals surface area contributed by atoms with Crippen LogP contribution in [0.4, 0.5) is 5.69 Å². The molecule has 1 N–H and O–H groups in total. The summed E-state index contributed by atoms with van der Waals surface area (Å²) < 4.78 is 15.7. The first-order valence-electron chi connectivity index (χ1n) is 7.19. The molecule has 1 aromatic carbocycles. The maximum absolute atomic E-state index is 12.2. The molecule has 24 heavy (non-hydrogen) atoms. The molecule has 3 aromatic rings. The molecular weight excluding hydrogens is 328 g/mol. The van der Waals surface area contributed by atoms with E-state index >= 15 is 0 Å². The van der Waals surface area contributed by atoms with Crippen LogP contribution < -0.4 is 14.8 Å². The van der Waals surface area contributed by atoms with E-state index < -0.39 is 0 Å². The average Bonchev–Trinajstić information content (AvgIpc) is 3.25. The van der Waals surface area contributed by atoms with Crippen LogP contribution >= 0.6 is 11.3 Å². The van der Waals surface area contributed by atoms with E-state index in [1.165, 1.54) is 11.3 Å². The smallest absolute Gasteiger partial charge is 0.230 e. The Morgan fingerprint density at radius 3 is 2.62 bits per heavy atom. The normalized spacial score (nSPS) is 10.4. The quantitative estimate of drug-likeness (QED) is 0.739. The second kappa shape index (κ2) is 7.18. The number of methoxy groups -OCH3 is 2. The molecule has 3 rings (SSSR count). The molecule has 124 valence electrons. The lowest BCUT2D eigenvalue weighted by molar-refractivity contribution is -0.115. The van der Waals surface area contributed by atoms with E-state index in [0.29, 0.717) is 28.6 Å². The molecule has 0 aliphatic rings. The Hall–Kier alpha value is -2.80. The number of anilines is 1. The molecule has 0 saturated heterocycles. The molecule has 1 amide bonds. The van der Waals surface area contributed by atoms with Crippen LogP contribution in [0.2, 0.25) is 0 Å². The molecule has 0 radical (unpaired) electrons. The van der Waals surface area contributed by atoms with Crippen LogP contribution in [0.5, 0.6) is 11.5 Å². The number of nitrogens with one attached hydrogen (secondary N) is 1. The number of carbonyl (C=O) groups excluding carboxylic acids is 1. The minimum atomic E-state index is -0.165. The standard InChI is InChI=1S/C17H16N2O4S/c1-21-13-6-11(7-14(9-13)22-2)18-16(20)8-12-10-24-17(19-12)15-4-3-5-23-15/h3-7,9-10H,8H2,1-2H3,(H,18,20). The van der Waals surface area contributed by atoms with Gasteiger partial charge in [-0.1, -0.05) is 0 Å². The van der Waals surface area contributed by atoms with E-state index in [9.17, 15) is 4.79 Å². The van der Waals surface area contributed by atoms with Crippen LogP contribution in [0.1, 0.15) is 5.69 Å². The van der Waals surface area contributed by atoms with Gasteiger partial charge in [0, 0.05) is 29.3 Å². The van der Waals surface area contributed by atoms with Crippen molar-refractivity contribution in [2.75, 3.05) is 19.5 Å². The highest BCUT2D eigenvalue weighted by molar-refractivity contribution is 7.13. The van der Waals surface area contributed by atoms with E-state index in [1.54, 1.807) is 44.7 Å². The third kappa shape index (κ3) is 3.75. The van der Waals surface area contributed by atoms with Crippen molar-refractivity contribution in [2.45, 2.75) is 6.42 Å². The molecule has 0 unspecified atom stereocenters. The summed E-state index contributed by atoms with van der Waals surface area (Å²) in [6.07, 6.45) is 1.77. The Kier molecular flexibility index (Phi) is 4.81. The number of benzene rings is 1. The minimum absolute atomic E-state index is 0.165. The molecule has 7 heteroatoms. The molecule has 0 aliphatic heterocycles. The molecule has 6 nitrogen and oxygen atoms in total. The first-order valence-corrected chi connectivity index (χ1v) is 8.07. The SMILES string of the molecule is COc1cc(NC(=O)Cc2csc(-c3ccco3)n2)cc(OC)c1. The molecule has 2 heterocycles. The zero-order chi connectivity index (χ0) is 16.9. The highest BCUT2D eigenvalue weighted by Crippen LogP contribution is 2.27. The summed E-state index contributed by atoms with van der Waals surface area (Å²) in [5.41, 5.74) is 1.30. The van der Waals surface area contributed by atoms with Crippen LogP contribution in [0, 0.1) is 0 Å². The highest BCUT2D eigenvalue weighted by atomic mass is 32.1. The molecule has 0 bridgehead atoms. The Labute approximate surface area is 143 Å². The first-order chi connectivity index (χ1) is 11.7. The fourth-order valence-electron chi connectivity index (χ4n) is 2.15. The number of thiazole rings is 1. The summed E-state index contributed by atoms with van der Waals surface area (Å²) in [4.78, 5) is 16.6. The van der Waals surface area contributed by atoms with Crippen molar-refractivity contribution in [1.82, 2.24) is 4.98 Å². The number of amides is 1. The summed E-state index contributed by atoms with van der Waals surface area (Å²) in [6.45, 7) is 0. The van der Waals surface area contributed by atoms with Crippen molar-refractivity contribution in [3.63, 3.8) is 0 Å². The van der Waals surface area contributed by atoms with Gasteiger partial charge in [0.15, 0.2) is 10.8 Å². The number of ether oxygens (including phenoxy) is 2. The molecule has 0 fully saturated rings. The van der Waals surface area contributed by atoms with Gasteiger partial charge in [0.2, 0.25) is 5.91 Å². The van der Waals surface area contributed by atoms with E-state index in [-0.39, 0.29) is 12.3 Å². The minimum Gasteiger partial charge on any atom is -0.497 e. The third-order valence-electron chi connectivity index (χ3n) is 3.26. The van der Waals surface area contributed by atoms with E-state index in [4.69, 9.17) is 13.9 Å². The predicted molar refractivity (Wildman–Crippen MR) is 91.7 cm³/mol. The van der Waals surface area contributed by atoms with Gasteiger partial charge < -0.3 is 19.2 Å². The molecule has 0 aliphatic carbocycles. The molecular formula is C17H16N2O4S. The lowest BCUT2D eigenvalue weighted by Gasteiger charge is -2.09. The first kappa shape index (κ1) is 16.1. The van der Waals surface area contributed by atoms with E-state index in [0.717, 1.165) is 5.01 Å². The van der Waals surface area contributed by atoms with E-state index in [2.05, 4.69) is 10.3 Å². The van der Waals surface area contributed by atoms with Crippen molar-refractivity contribution < 1.29 is 18.7 Å². The molecule has 2 aromatic heterocycles. The van der Waals surface area contributed by atoms with Crippen molar-refractivity contribution in [2.24, 2.45) is 0 Å². The topological polar surface area (TPSA) is 73.6 Å². The third-order valence-corrected chi connectivity index (χ3v) is 4.17. The largest absolute Gasteiger partial charge is 0.497 e. The van der Waals surface area contributed by atoms with Crippen LogP contribution in [-0.4, -0.2) is 25.1 Å². The van der Waals surface area contributed by atoms with Crippen LogP contribution in [-0.2, 0) is 11.2 Å². The lowest BCUT2D eigenvalue weighted by Crippen LogP contribution is -2.14. The summed E-state index contributed by atoms with van der Waals surface area (Å²) in [7, 11) is 3.12.